The van der Waals surface area contributed by atoms with Crippen LogP contribution in [0, 0.1) is 0 Å². The van der Waals surface area contributed by atoms with Crippen molar-refractivity contribution in [1.82, 2.24) is 0 Å². The van der Waals surface area contributed by atoms with Crippen LogP contribution in [0.3, 0.4) is 0 Å². The van der Waals surface area contributed by atoms with Crippen LogP contribution >= 0.6 is 27.3 Å². The van der Waals surface area contributed by atoms with Crippen LogP contribution in [0.5, 0.6) is 0 Å². The van der Waals surface area contributed by atoms with Crippen molar-refractivity contribution >= 4 is 38.0 Å². The van der Waals surface area contributed by atoms with Gasteiger partial charge in [0, 0.05) is 0 Å². The van der Waals surface area contributed by atoms with E-state index in [2.05, 4.69) is 15.9 Å². The van der Waals surface area contributed by atoms with Crippen molar-refractivity contribution in [2.75, 3.05) is 0 Å². The van der Waals surface area contributed by atoms with Gasteiger partial charge in [-0.2, -0.15) is 0 Å². The fourth-order valence-corrected chi connectivity index (χ4v) is 2.68. The highest BCUT2D eigenvalue weighted by molar-refractivity contribution is 9.11. The number of rotatable bonds is 2. The summed E-state index contributed by atoms with van der Waals surface area (Å²) in [5.41, 5.74) is 0.848. The van der Waals surface area contributed by atoms with E-state index in [4.69, 9.17) is 0 Å². The quantitative estimate of drug-likeness (QED) is 0.798. The Morgan fingerprint density at radius 3 is 2.70 bits per heavy atom. The van der Waals surface area contributed by atoms with Gasteiger partial charge < -0.3 is 0 Å². The predicted molar refractivity (Wildman–Crippen MR) is 46.0 cm³/mol. The molecule has 0 atom stereocenters. The van der Waals surface area contributed by atoms with Crippen LogP contribution in [0.25, 0.3) is 0 Å². The first-order valence-corrected chi connectivity index (χ1v) is 5.57. The zero-order valence-electron chi connectivity index (χ0n) is 4.91. The van der Waals surface area contributed by atoms with E-state index in [-0.39, 0.29) is 5.75 Å². The summed E-state index contributed by atoms with van der Waals surface area (Å²) in [6.45, 7) is 0. The van der Waals surface area contributed by atoms with E-state index in [0.717, 1.165) is 9.35 Å². The summed E-state index contributed by atoms with van der Waals surface area (Å²) in [6, 6.07) is 1.81. The summed E-state index contributed by atoms with van der Waals surface area (Å²) in [7, 11) is -2.29. The molecule has 0 radical (unpaired) electrons. The third kappa shape index (κ3) is 2.07. The fraction of sp³-hybridized carbons (Fsp3) is 0.200. The molecule has 0 N–H and O–H groups in total. The Balaban J connectivity index is 2.84. The Labute approximate surface area is 73.0 Å². The molecule has 0 spiro atoms. The van der Waals surface area contributed by atoms with Crippen LogP contribution in [-0.2, 0) is 16.5 Å². The Morgan fingerprint density at radius 2 is 2.30 bits per heavy atom. The first-order valence-electron chi connectivity index (χ1n) is 2.54. The molecule has 5 heteroatoms. The van der Waals surface area contributed by atoms with Crippen molar-refractivity contribution in [3.05, 3.63) is 20.8 Å². The van der Waals surface area contributed by atoms with Crippen LogP contribution in [-0.4, -0.2) is 8.42 Å². The monoisotopic (exact) mass is 240 g/mol. The van der Waals surface area contributed by atoms with Gasteiger partial charge >= 0.3 is 0 Å². The predicted octanol–water partition coefficient (Wildman–Crippen LogP) is 1.62. The van der Waals surface area contributed by atoms with Crippen molar-refractivity contribution in [3.8, 4) is 0 Å². The first-order chi connectivity index (χ1) is 4.70. The molecule has 0 fully saturated rings. The molecule has 0 saturated heterocycles. The summed E-state index contributed by atoms with van der Waals surface area (Å²) >= 11 is 4.74. The third-order valence-corrected chi connectivity index (χ3v) is 3.40. The average molecular weight is 241 g/mol. The Morgan fingerprint density at radius 1 is 1.60 bits per heavy atom. The first kappa shape index (κ1) is 8.23. The summed E-state index contributed by atoms with van der Waals surface area (Å²) in [5.74, 6) is 0.138. The number of halogens is 1. The topological polar surface area (TPSA) is 34.1 Å². The summed E-state index contributed by atoms with van der Waals surface area (Å²) in [6.07, 6.45) is 0. The Kier molecular flexibility index (Phi) is 2.88. The molecule has 0 unspecified atom stereocenters. The lowest BCUT2D eigenvalue weighted by Gasteiger charge is -1.86. The van der Waals surface area contributed by atoms with E-state index >= 15 is 0 Å². The lowest BCUT2D eigenvalue weighted by atomic mass is 10.4. The molecular weight excluding hydrogens is 236 g/mol. The number of hydrogen-bond donors (Lipinski definition) is 1. The average Bonchev–Trinajstić information content (AvgIpc) is 2.15. The second kappa shape index (κ2) is 3.50. The lowest BCUT2D eigenvalue weighted by Crippen LogP contribution is -1.82. The molecule has 0 aliphatic heterocycles. The Bertz CT molecular complexity index is 282. The third-order valence-electron chi connectivity index (χ3n) is 0.993. The molecule has 0 bridgehead atoms. The van der Waals surface area contributed by atoms with Gasteiger partial charge in [-0.25, -0.2) is 8.42 Å². The summed E-state index contributed by atoms with van der Waals surface area (Å²) in [4.78, 5) is 0. The molecule has 1 aromatic rings. The van der Waals surface area contributed by atoms with E-state index in [1.165, 1.54) is 11.3 Å². The zero-order valence-corrected chi connectivity index (χ0v) is 8.21. The standard InChI is InChI=1S/C5H5BrO2S2/c6-5-4(1-2-9-5)3-10(7)8/h1-2,10H,3H2. The van der Waals surface area contributed by atoms with E-state index < -0.39 is 10.7 Å². The summed E-state index contributed by atoms with van der Waals surface area (Å²) in [5, 5.41) is 1.86. The van der Waals surface area contributed by atoms with Gasteiger partial charge in [0.25, 0.3) is 0 Å². The maximum atomic E-state index is 10.2. The van der Waals surface area contributed by atoms with Gasteiger partial charge in [0.05, 0.1) is 9.54 Å². The second-order valence-electron chi connectivity index (χ2n) is 1.71. The Hall–Kier alpha value is 0.130. The molecule has 0 aliphatic rings. The van der Waals surface area contributed by atoms with E-state index in [0.29, 0.717) is 0 Å². The van der Waals surface area contributed by atoms with Crippen LogP contribution in [0.1, 0.15) is 5.56 Å². The molecule has 2 nitrogen and oxygen atoms in total. The smallest absolute Gasteiger partial charge is 0.144 e. The maximum Gasteiger partial charge on any atom is 0.144 e. The van der Waals surface area contributed by atoms with E-state index in [9.17, 15) is 8.42 Å². The zero-order chi connectivity index (χ0) is 7.56. The van der Waals surface area contributed by atoms with Gasteiger partial charge in [-0.15, -0.1) is 11.3 Å². The van der Waals surface area contributed by atoms with Gasteiger partial charge in [0.2, 0.25) is 0 Å². The molecule has 56 valence electrons. The van der Waals surface area contributed by atoms with Gasteiger partial charge in [-0.1, -0.05) is 0 Å². The minimum atomic E-state index is -2.29. The molecule has 0 aromatic carbocycles. The fourth-order valence-electron chi connectivity index (χ4n) is 0.571. The van der Waals surface area contributed by atoms with Gasteiger partial charge in [0.15, 0.2) is 0 Å². The molecule has 0 saturated carbocycles. The molecule has 0 aliphatic carbocycles. The van der Waals surface area contributed by atoms with Crippen LogP contribution < -0.4 is 0 Å². The van der Waals surface area contributed by atoms with Crippen molar-refractivity contribution in [2.45, 2.75) is 5.75 Å². The maximum absolute atomic E-state index is 10.2. The molecule has 10 heavy (non-hydrogen) atoms. The van der Waals surface area contributed by atoms with Crippen LogP contribution in [0.2, 0.25) is 0 Å². The van der Waals surface area contributed by atoms with Crippen molar-refractivity contribution in [3.63, 3.8) is 0 Å². The van der Waals surface area contributed by atoms with Gasteiger partial charge in [-0.05, 0) is 32.9 Å². The van der Waals surface area contributed by atoms with E-state index in [1.54, 1.807) is 6.07 Å². The summed E-state index contributed by atoms with van der Waals surface area (Å²) < 4.78 is 21.4. The highest BCUT2D eigenvalue weighted by Crippen LogP contribution is 2.23. The minimum Gasteiger partial charge on any atom is -0.232 e. The van der Waals surface area contributed by atoms with Crippen molar-refractivity contribution in [1.29, 1.82) is 0 Å². The number of hydrogen-bond acceptors (Lipinski definition) is 3. The van der Waals surface area contributed by atoms with E-state index in [1.807, 2.05) is 5.38 Å². The molecule has 1 aromatic heterocycles. The molecule has 0 amide bonds. The van der Waals surface area contributed by atoms with Gasteiger partial charge in [-0.3, -0.25) is 0 Å². The van der Waals surface area contributed by atoms with Crippen molar-refractivity contribution < 1.29 is 8.42 Å². The second-order valence-corrected chi connectivity index (χ2v) is 4.93. The van der Waals surface area contributed by atoms with Crippen molar-refractivity contribution in [2.24, 2.45) is 0 Å². The number of thiophene rings is 1. The van der Waals surface area contributed by atoms with Gasteiger partial charge in [0.1, 0.15) is 10.7 Å². The number of thiol groups is 1. The largest absolute Gasteiger partial charge is 0.232 e. The lowest BCUT2D eigenvalue weighted by molar-refractivity contribution is 0.614. The SMILES string of the molecule is O=[SH](=O)Cc1ccsc1Br. The molecule has 1 rings (SSSR count). The van der Waals surface area contributed by atoms with Crippen LogP contribution in [0.15, 0.2) is 15.2 Å². The molecular formula is C5H5BrO2S2. The highest BCUT2D eigenvalue weighted by Gasteiger charge is 2.00. The van der Waals surface area contributed by atoms with Crippen LogP contribution in [0.4, 0.5) is 0 Å². The highest BCUT2D eigenvalue weighted by atomic mass is 79.9. The molecule has 1 heterocycles. The normalized spacial score (nSPS) is 10.6. The minimum absolute atomic E-state index is 0.138.